The second-order valence-electron chi connectivity index (χ2n) is 0.964. The van der Waals surface area contributed by atoms with E-state index in [4.69, 9.17) is 10.2 Å². The van der Waals surface area contributed by atoms with Gasteiger partial charge in [-0.1, -0.05) is 0 Å². The van der Waals surface area contributed by atoms with Crippen molar-refractivity contribution in [1.82, 2.24) is 0 Å². The first kappa shape index (κ1) is 22.6. The van der Waals surface area contributed by atoms with Gasteiger partial charge in [-0.2, -0.15) is 0 Å². The van der Waals surface area contributed by atoms with Crippen molar-refractivity contribution >= 4 is 11.9 Å². The maximum absolute atomic E-state index is 9.43. The third-order valence-electron chi connectivity index (χ3n) is 0.302. The number of aliphatic carboxylic acids is 2. The van der Waals surface area contributed by atoms with Crippen molar-refractivity contribution in [3.05, 3.63) is 14.9 Å². The van der Waals surface area contributed by atoms with E-state index >= 15 is 0 Å². The van der Waals surface area contributed by atoms with Crippen LogP contribution in [0, 0.1) is 14.9 Å². The Morgan fingerprint density at radius 1 is 1.00 bits per heavy atom. The Labute approximate surface area is 74.5 Å². The maximum atomic E-state index is 9.43. The zero-order valence-electron chi connectivity index (χ0n) is 5.73. The van der Waals surface area contributed by atoms with Crippen molar-refractivity contribution in [1.29, 1.82) is 0 Å². The van der Waals surface area contributed by atoms with Crippen LogP contribution in [-0.4, -0.2) is 22.2 Å². The molecule has 0 amide bonds. The topological polar surface area (TPSA) is 74.6 Å². The van der Waals surface area contributed by atoms with Gasteiger partial charge in [0.2, 0.25) is 0 Å². The van der Waals surface area contributed by atoms with Crippen molar-refractivity contribution in [3.8, 4) is 0 Å². The van der Waals surface area contributed by atoms with Gasteiger partial charge in [0.05, 0.1) is 0 Å². The fraction of sp³-hybridized carbons (Fsp3) is 0.200. The minimum absolute atomic E-state index is 0. The molecule has 2 N–H and O–H groups in total. The minimum Gasteiger partial charge on any atom is -0.481 e. The van der Waals surface area contributed by atoms with E-state index in [2.05, 4.69) is 0 Å². The summed E-state index contributed by atoms with van der Waals surface area (Å²) in [7, 11) is 0. The van der Waals surface area contributed by atoms with Crippen LogP contribution in [0.25, 0.3) is 0 Å². The summed E-state index contributed by atoms with van der Waals surface area (Å²) in [6.45, 7) is 0. The molecular formula is C5H10O4Pt. The number of carbonyl (C=O) groups is 2. The molecule has 0 bridgehead atoms. The molecule has 4 nitrogen and oxygen atoms in total. The molecule has 0 aliphatic carbocycles. The molecule has 0 aromatic heterocycles. The van der Waals surface area contributed by atoms with E-state index < -0.39 is 18.4 Å². The van der Waals surface area contributed by atoms with Crippen LogP contribution in [-0.2, 0) is 30.7 Å². The molecule has 0 saturated heterocycles. The van der Waals surface area contributed by atoms with E-state index in [9.17, 15) is 9.59 Å². The monoisotopic (exact) mass is 329 g/mol. The van der Waals surface area contributed by atoms with Crippen LogP contribution in [0.4, 0.5) is 0 Å². The Kier molecular flexibility index (Phi) is 25.9. The zero-order chi connectivity index (χ0) is 5.86. The number of rotatable bonds is 2. The molecule has 0 aliphatic rings. The number of hydrogen-bond acceptors (Lipinski definition) is 2. The molecule has 0 saturated carbocycles. The Morgan fingerprint density at radius 3 is 1.20 bits per heavy atom. The first-order valence-electron chi connectivity index (χ1n) is 1.56. The molecule has 0 fully saturated rings. The van der Waals surface area contributed by atoms with E-state index in [0.717, 1.165) is 0 Å². The zero-order valence-corrected chi connectivity index (χ0v) is 8.01. The third-order valence-corrected chi connectivity index (χ3v) is 0.302. The standard InChI is InChI=1S/C3H4O4.2CH3.Pt/c4-2(5)1-3(6)7;;;/h1H2,(H,4,5)(H,6,7);2*1H3;/q;2*-1;+2. The molecule has 0 aromatic carbocycles. The van der Waals surface area contributed by atoms with Crippen LogP contribution in [0.3, 0.4) is 0 Å². The minimum atomic E-state index is -1.31. The first-order valence-corrected chi connectivity index (χ1v) is 1.56. The SMILES string of the molecule is O=C(O)CC(=O)O.[CH3-].[CH3-].[Pt+2]. The smallest absolute Gasteiger partial charge is 0.481 e. The van der Waals surface area contributed by atoms with Gasteiger partial charge in [0.25, 0.3) is 0 Å². The number of carboxylic acids is 2. The Morgan fingerprint density at radius 2 is 1.20 bits per heavy atom. The van der Waals surface area contributed by atoms with Crippen molar-refractivity contribution in [2.75, 3.05) is 0 Å². The van der Waals surface area contributed by atoms with Gasteiger partial charge in [-0.05, 0) is 0 Å². The molecule has 0 spiro atoms. The molecule has 64 valence electrons. The summed E-state index contributed by atoms with van der Waals surface area (Å²) in [4.78, 5) is 18.9. The predicted molar refractivity (Wildman–Crippen MR) is 32.7 cm³/mol. The second kappa shape index (κ2) is 11.4. The van der Waals surface area contributed by atoms with Crippen LogP contribution in [0.1, 0.15) is 6.42 Å². The Hall–Kier alpha value is -0.372. The molecule has 5 heteroatoms. The predicted octanol–water partition coefficient (Wildman–Crippen LogP) is 0.444. The summed E-state index contributed by atoms with van der Waals surface area (Å²) in [5.41, 5.74) is 0. The van der Waals surface area contributed by atoms with Gasteiger partial charge < -0.3 is 25.1 Å². The average molecular weight is 329 g/mol. The molecule has 0 radical (unpaired) electrons. The molecule has 0 atom stereocenters. The van der Waals surface area contributed by atoms with Gasteiger partial charge in [-0.25, -0.2) is 0 Å². The third kappa shape index (κ3) is 25.5. The van der Waals surface area contributed by atoms with Crippen LogP contribution in [0.15, 0.2) is 0 Å². The van der Waals surface area contributed by atoms with Gasteiger partial charge in [-0.15, -0.1) is 0 Å². The van der Waals surface area contributed by atoms with Crippen molar-refractivity contribution in [2.24, 2.45) is 0 Å². The summed E-state index contributed by atoms with van der Waals surface area (Å²) in [6.07, 6.45) is -0.806. The largest absolute Gasteiger partial charge is 2.00 e. The van der Waals surface area contributed by atoms with Gasteiger partial charge in [0, 0.05) is 0 Å². The van der Waals surface area contributed by atoms with Crippen molar-refractivity contribution < 1.29 is 40.9 Å². The molecule has 0 heterocycles. The summed E-state index contributed by atoms with van der Waals surface area (Å²) in [6, 6.07) is 0. The fourth-order valence-corrected chi connectivity index (χ4v) is 0.129. The van der Waals surface area contributed by atoms with Crippen LogP contribution < -0.4 is 0 Å². The van der Waals surface area contributed by atoms with E-state index in [1.807, 2.05) is 0 Å². The molecule has 0 rings (SSSR count). The van der Waals surface area contributed by atoms with E-state index in [1.165, 1.54) is 0 Å². The first-order chi connectivity index (χ1) is 3.13. The molecule has 0 aromatic rings. The Balaban J connectivity index is -0.0000000600. The van der Waals surface area contributed by atoms with Gasteiger partial charge >= 0.3 is 33.0 Å². The number of hydrogen-bond donors (Lipinski definition) is 2. The molecular weight excluding hydrogens is 319 g/mol. The van der Waals surface area contributed by atoms with Gasteiger partial charge in [0.1, 0.15) is 6.42 Å². The average Bonchev–Trinajstić information content (AvgIpc) is 1.27. The van der Waals surface area contributed by atoms with Crippen molar-refractivity contribution in [2.45, 2.75) is 6.42 Å². The maximum Gasteiger partial charge on any atom is 2.00 e. The van der Waals surface area contributed by atoms with Crippen LogP contribution in [0.5, 0.6) is 0 Å². The second-order valence-corrected chi connectivity index (χ2v) is 0.964. The summed E-state index contributed by atoms with van der Waals surface area (Å²) < 4.78 is 0. The van der Waals surface area contributed by atoms with Gasteiger partial charge in [0.15, 0.2) is 0 Å². The van der Waals surface area contributed by atoms with E-state index in [0.29, 0.717) is 0 Å². The molecule has 0 unspecified atom stereocenters. The fourth-order valence-electron chi connectivity index (χ4n) is 0.129. The van der Waals surface area contributed by atoms with E-state index in [-0.39, 0.29) is 35.9 Å². The summed E-state index contributed by atoms with van der Waals surface area (Å²) >= 11 is 0. The van der Waals surface area contributed by atoms with E-state index in [1.54, 1.807) is 0 Å². The van der Waals surface area contributed by atoms with Crippen molar-refractivity contribution in [3.63, 3.8) is 0 Å². The van der Waals surface area contributed by atoms with Gasteiger partial charge in [-0.3, -0.25) is 9.59 Å². The van der Waals surface area contributed by atoms with Crippen LogP contribution in [0.2, 0.25) is 0 Å². The number of carboxylic acid groups (broad SMARTS) is 2. The summed E-state index contributed by atoms with van der Waals surface area (Å²) in [5, 5.41) is 15.4. The quantitative estimate of drug-likeness (QED) is 0.570. The summed E-state index contributed by atoms with van der Waals surface area (Å²) in [5.74, 6) is -2.62. The Bertz CT molecular complexity index is 89.8. The van der Waals surface area contributed by atoms with Crippen LogP contribution >= 0.6 is 0 Å². The molecule has 0 aliphatic heterocycles. The normalized spacial score (nSPS) is 5.60. The molecule has 10 heavy (non-hydrogen) atoms.